The topological polar surface area (TPSA) is 78.9 Å². The van der Waals surface area contributed by atoms with Crippen molar-refractivity contribution in [2.45, 2.75) is 226 Å². The van der Waals surface area contributed by atoms with Crippen molar-refractivity contribution in [3.8, 4) is 0 Å². The third-order valence-corrected chi connectivity index (χ3v) is 10.6. The predicted molar refractivity (Wildman–Crippen MR) is 274 cm³/mol. The Balaban J connectivity index is 4.56. The highest BCUT2D eigenvalue weighted by atomic mass is 16.6. The van der Waals surface area contributed by atoms with Crippen LogP contribution in [0.2, 0.25) is 0 Å². The molecule has 0 aromatic heterocycles. The predicted octanol–water partition coefficient (Wildman–Crippen LogP) is 17.1. The van der Waals surface area contributed by atoms with E-state index in [1.807, 2.05) is 54.7 Å². The summed E-state index contributed by atoms with van der Waals surface area (Å²) in [4.78, 5) is 37.9. The van der Waals surface area contributed by atoms with Crippen molar-refractivity contribution in [1.29, 1.82) is 0 Å². The standard InChI is InChI=1S/C58H94O6/c1-4-7-10-13-16-19-22-25-27-29-31-33-36-39-42-45-48-51-57(60)63-54-55(53-62-56(59)50-47-44-41-38-35-32-24-21-18-15-12-9-6-3)64-58(61)52-49-46-43-40-37-34-30-28-26-23-20-17-14-11-8-5-2/h9,12,15-16,18-19,21,24-25,27,31-33,35,38-39,41-42,55H,4-8,10-11,13-14,17,20,22-23,26,28-30,34,36-37,40,43-54H2,1-3H3/b12-9-,18-15-,19-16-,24-21-,27-25-,33-31-,35-32-,41-38-,42-39-. The van der Waals surface area contributed by atoms with Crippen molar-refractivity contribution in [3.63, 3.8) is 0 Å². The molecule has 1 unspecified atom stereocenters. The number of ether oxygens (including phenoxy) is 3. The van der Waals surface area contributed by atoms with Gasteiger partial charge in [-0.1, -0.05) is 239 Å². The molecule has 0 aliphatic carbocycles. The molecule has 362 valence electrons. The number of esters is 3. The van der Waals surface area contributed by atoms with E-state index in [2.05, 4.69) is 75.5 Å². The zero-order chi connectivity index (χ0) is 46.5. The maximum Gasteiger partial charge on any atom is 0.306 e. The molecule has 1 atom stereocenters. The van der Waals surface area contributed by atoms with Gasteiger partial charge in [-0.3, -0.25) is 14.4 Å². The first-order chi connectivity index (χ1) is 31.5. The van der Waals surface area contributed by atoms with Gasteiger partial charge in [-0.25, -0.2) is 0 Å². The van der Waals surface area contributed by atoms with E-state index < -0.39 is 6.10 Å². The molecular formula is C58H94O6. The lowest BCUT2D eigenvalue weighted by Gasteiger charge is -2.18. The molecule has 0 heterocycles. The first kappa shape index (κ1) is 60.1. The summed E-state index contributed by atoms with van der Waals surface area (Å²) >= 11 is 0. The second-order valence-electron chi connectivity index (χ2n) is 16.8. The number of carbonyl (C=O) groups is 3. The van der Waals surface area contributed by atoms with Crippen molar-refractivity contribution < 1.29 is 28.6 Å². The van der Waals surface area contributed by atoms with Gasteiger partial charge in [0.25, 0.3) is 0 Å². The highest BCUT2D eigenvalue weighted by Crippen LogP contribution is 2.15. The van der Waals surface area contributed by atoms with E-state index in [1.165, 1.54) is 109 Å². The van der Waals surface area contributed by atoms with E-state index in [0.717, 1.165) is 57.8 Å². The molecule has 0 aromatic carbocycles. The van der Waals surface area contributed by atoms with Crippen LogP contribution in [0.4, 0.5) is 0 Å². The Bertz CT molecular complexity index is 1340. The lowest BCUT2D eigenvalue weighted by Crippen LogP contribution is -2.30. The van der Waals surface area contributed by atoms with Crippen molar-refractivity contribution >= 4 is 17.9 Å². The van der Waals surface area contributed by atoms with Gasteiger partial charge in [-0.05, 0) is 70.6 Å². The highest BCUT2D eigenvalue weighted by molar-refractivity contribution is 5.71. The van der Waals surface area contributed by atoms with Crippen LogP contribution in [-0.4, -0.2) is 37.2 Å². The fourth-order valence-electron chi connectivity index (χ4n) is 6.76. The lowest BCUT2D eigenvalue weighted by molar-refractivity contribution is -0.167. The number of allylic oxidation sites excluding steroid dienone is 18. The smallest absolute Gasteiger partial charge is 0.306 e. The van der Waals surface area contributed by atoms with E-state index in [9.17, 15) is 14.4 Å². The second-order valence-corrected chi connectivity index (χ2v) is 16.8. The molecule has 0 amide bonds. The fraction of sp³-hybridized carbons (Fsp3) is 0.638. The summed E-state index contributed by atoms with van der Waals surface area (Å²) in [6.07, 6.45) is 69.4. The van der Waals surface area contributed by atoms with E-state index in [1.54, 1.807) is 0 Å². The molecule has 0 fully saturated rings. The molecule has 0 aliphatic heterocycles. The van der Waals surface area contributed by atoms with Gasteiger partial charge in [0.05, 0.1) is 0 Å². The molecule has 64 heavy (non-hydrogen) atoms. The zero-order valence-electron chi connectivity index (χ0n) is 41.3. The van der Waals surface area contributed by atoms with Crippen LogP contribution >= 0.6 is 0 Å². The Morgan fingerprint density at radius 1 is 0.344 bits per heavy atom. The van der Waals surface area contributed by atoms with Gasteiger partial charge in [0, 0.05) is 19.3 Å². The minimum absolute atomic E-state index is 0.129. The summed E-state index contributed by atoms with van der Waals surface area (Å²) in [7, 11) is 0. The molecule has 0 radical (unpaired) electrons. The minimum atomic E-state index is -0.828. The number of unbranched alkanes of at least 4 members (excludes halogenated alkanes) is 20. The Morgan fingerprint density at radius 2 is 0.688 bits per heavy atom. The van der Waals surface area contributed by atoms with Crippen molar-refractivity contribution in [2.24, 2.45) is 0 Å². The number of carbonyl (C=O) groups excluding carboxylic acids is 3. The third-order valence-electron chi connectivity index (χ3n) is 10.6. The quantitative estimate of drug-likeness (QED) is 0.0199. The van der Waals surface area contributed by atoms with Crippen molar-refractivity contribution in [2.75, 3.05) is 13.2 Å². The Labute approximate surface area is 393 Å². The molecule has 6 heteroatoms. The van der Waals surface area contributed by atoms with Gasteiger partial charge >= 0.3 is 17.9 Å². The summed E-state index contributed by atoms with van der Waals surface area (Å²) in [6.45, 7) is 6.35. The van der Waals surface area contributed by atoms with Crippen LogP contribution in [0.1, 0.15) is 220 Å². The van der Waals surface area contributed by atoms with Crippen LogP contribution in [0.3, 0.4) is 0 Å². The summed E-state index contributed by atoms with van der Waals surface area (Å²) < 4.78 is 16.7. The first-order valence-corrected chi connectivity index (χ1v) is 26.0. The number of hydrogen-bond acceptors (Lipinski definition) is 6. The van der Waals surface area contributed by atoms with Gasteiger partial charge in [-0.2, -0.15) is 0 Å². The number of hydrogen-bond donors (Lipinski definition) is 0. The zero-order valence-corrected chi connectivity index (χ0v) is 41.3. The molecule has 0 rings (SSSR count). The van der Waals surface area contributed by atoms with E-state index >= 15 is 0 Å². The summed E-state index contributed by atoms with van der Waals surface area (Å²) in [6, 6.07) is 0. The van der Waals surface area contributed by atoms with Gasteiger partial charge in [-0.15, -0.1) is 0 Å². The molecule has 0 saturated heterocycles. The highest BCUT2D eigenvalue weighted by Gasteiger charge is 2.19. The molecule has 0 aromatic rings. The Hall–Kier alpha value is -3.93. The fourth-order valence-corrected chi connectivity index (χ4v) is 6.76. The summed E-state index contributed by atoms with van der Waals surface area (Å²) in [5.41, 5.74) is 0. The largest absolute Gasteiger partial charge is 0.462 e. The SMILES string of the molecule is CC\C=C/C=C\C=C/C=C\C=C/CCCC(=O)OCC(COC(=O)CCC/C=C\C/C=C\C/C=C\C/C=C\CCCCC)OC(=O)CCCCCCCCCCCCCCCCCC. The third kappa shape index (κ3) is 49.1. The summed E-state index contributed by atoms with van der Waals surface area (Å²) in [5, 5.41) is 0. The van der Waals surface area contributed by atoms with Gasteiger partial charge in [0.15, 0.2) is 6.10 Å². The maximum absolute atomic E-state index is 12.8. The van der Waals surface area contributed by atoms with Crippen LogP contribution in [0.25, 0.3) is 0 Å². The number of rotatable bonds is 45. The Morgan fingerprint density at radius 3 is 1.14 bits per heavy atom. The molecule has 0 bridgehead atoms. The van der Waals surface area contributed by atoms with Crippen LogP contribution in [-0.2, 0) is 28.6 Å². The monoisotopic (exact) mass is 887 g/mol. The molecule has 0 spiro atoms. The van der Waals surface area contributed by atoms with E-state index in [-0.39, 0.29) is 44.0 Å². The van der Waals surface area contributed by atoms with Crippen LogP contribution in [0.5, 0.6) is 0 Å². The van der Waals surface area contributed by atoms with Crippen LogP contribution in [0.15, 0.2) is 109 Å². The lowest BCUT2D eigenvalue weighted by atomic mass is 10.0. The molecule has 0 N–H and O–H groups in total. The average Bonchev–Trinajstić information content (AvgIpc) is 3.29. The van der Waals surface area contributed by atoms with Gasteiger partial charge in [0.1, 0.15) is 13.2 Å². The maximum atomic E-state index is 12.8. The average molecular weight is 887 g/mol. The molecule has 6 nitrogen and oxygen atoms in total. The van der Waals surface area contributed by atoms with Crippen molar-refractivity contribution in [3.05, 3.63) is 109 Å². The van der Waals surface area contributed by atoms with E-state index in [4.69, 9.17) is 14.2 Å². The van der Waals surface area contributed by atoms with Crippen LogP contribution < -0.4 is 0 Å². The normalized spacial score (nSPS) is 13.0. The first-order valence-electron chi connectivity index (χ1n) is 26.0. The van der Waals surface area contributed by atoms with Gasteiger partial charge in [0.2, 0.25) is 0 Å². The summed E-state index contributed by atoms with van der Waals surface area (Å²) in [5.74, 6) is -1.06. The molecular weight excluding hydrogens is 793 g/mol. The Kier molecular flexibility index (Phi) is 48.5. The second kappa shape index (κ2) is 51.7. The van der Waals surface area contributed by atoms with E-state index in [0.29, 0.717) is 19.3 Å². The van der Waals surface area contributed by atoms with Gasteiger partial charge < -0.3 is 14.2 Å². The van der Waals surface area contributed by atoms with Crippen LogP contribution in [0, 0.1) is 0 Å². The van der Waals surface area contributed by atoms with Crippen molar-refractivity contribution in [1.82, 2.24) is 0 Å². The molecule has 0 aliphatic rings. The minimum Gasteiger partial charge on any atom is -0.462 e. The molecule has 0 saturated carbocycles.